The van der Waals surface area contributed by atoms with Gasteiger partial charge in [-0.15, -0.1) is 0 Å². The number of rotatable bonds is 6. The highest BCUT2D eigenvalue weighted by Gasteiger charge is 2.07. The van der Waals surface area contributed by atoms with E-state index in [0.717, 1.165) is 6.26 Å². The zero-order valence-electron chi connectivity index (χ0n) is 9.06. The second kappa shape index (κ2) is 5.74. The highest BCUT2D eigenvalue weighted by atomic mass is 32.2. The molecule has 15 heavy (non-hydrogen) atoms. The van der Waals surface area contributed by atoms with Crippen molar-refractivity contribution >= 4 is 10.1 Å². The number of nitrogens with two attached hydrogens (primary N) is 1. The Balaban J connectivity index is 4.56. The van der Waals surface area contributed by atoms with Gasteiger partial charge in [-0.3, -0.25) is 4.18 Å². The van der Waals surface area contributed by atoms with Gasteiger partial charge >= 0.3 is 0 Å². The predicted molar refractivity (Wildman–Crippen MR) is 57.0 cm³/mol. The zero-order chi connectivity index (χ0) is 12.1. The standard InChI is InChI=1S/C8H16N2O4S/c1-7(13-3)5-8(10(2)9)6-14-15(4,11)12/h5H,1,6,9H2,2-4H3/b8-5-. The lowest BCUT2D eigenvalue weighted by atomic mass is 10.4. The van der Waals surface area contributed by atoms with E-state index < -0.39 is 10.1 Å². The van der Waals surface area contributed by atoms with Crippen molar-refractivity contribution in [3.05, 3.63) is 24.1 Å². The van der Waals surface area contributed by atoms with Crippen LogP contribution >= 0.6 is 0 Å². The lowest BCUT2D eigenvalue weighted by molar-refractivity contribution is 0.285. The number of methoxy groups -OCH3 is 1. The van der Waals surface area contributed by atoms with E-state index in [4.69, 9.17) is 10.6 Å². The Labute approximate surface area is 90.0 Å². The molecule has 2 N–H and O–H groups in total. The van der Waals surface area contributed by atoms with Crippen LogP contribution in [0.15, 0.2) is 24.1 Å². The van der Waals surface area contributed by atoms with Crippen LogP contribution in [-0.4, -0.2) is 40.4 Å². The monoisotopic (exact) mass is 236 g/mol. The first-order valence-corrected chi connectivity index (χ1v) is 5.84. The van der Waals surface area contributed by atoms with Crippen molar-refractivity contribution in [2.75, 3.05) is 27.0 Å². The molecule has 0 bridgehead atoms. The molecule has 0 aliphatic heterocycles. The van der Waals surface area contributed by atoms with Crippen molar-refractivity contribution in [2.24, 2.45) is 5.84 Å². The minimum atomic E-state index is -3.49. The third-order valence-corrected chi connectivity index (χ3v) is 2.01. The third-order valence-electron chi connectivity index (χ3n) is 1.46. The number of hydrazine groups is 1. The van der Waals surface area contributed by atoms with Crippen LogP contribution in [0.1, 0.15) is 0 Å². The molecule has 0 saturated heterocycles. The summed E-state index contributed by atoms with van der Waals surface area (Å²) < 4.78 is 30.9. The number of hydrogen-bond acceptors (Lipinski definition) is 6. The van der Waals surface area contributed by atoms with Crippen molar-refractivity contribution in [1.82, 2.24) is 5.01 Å². The quantitative estimate of drug-likeness (QED) is 0.226. The van der Waals surface area contributed by atoms with E-state index in [2.05, 4.69) is 10.8 Å². The number of likely N-dealkylation sites (N-methyl/N-ethyl adjacent to an activating group) is 1. The van der Waals surface area contributed by atoms with Gasteiger partial charge in [-0.2, -0.15) is 8.42 Å². The average Bonchev–Trinajstić information content (AvgIpc) is 2.09. The van der Waals surface area contributed by atoms with Gasteiger partial charge in [-0.05, 0) is 0 Å². The lowest BCUT2D eigenvalue weighted by Crippen LogP contribution is -2.28. The maximum absolute atomic E-state index is 10.8. The fourth-order valence-electron chi connectivity index (χ4n) is 0.657. The summed E-state index contributed by atoms with van der Waals surface area (Å²) in [6, 6.07) is 0. The molecule has 0 radical (unpaired) electrons. The Hall–Kier alpha value is -1.05. The number of nitrogens with zero attached hydrogens (tertiary/aromatic N) is 1. The molecule has 0 fully saturated rings. The molecule has 6 nitrogen and oxygen atoms in total. The van der Waals surface area contributed by atoms with E-state index in [1.807, 2.05) is 0 Å². The Kier molecular flexibility index (Phi) is 5.34. The Morgan fingerprint density at radius 1 is 1.60 bits per heavy atom. The van der Waals surface area contributed by atoms with Crippen LogP contribution in [0.25, 0.3) is 0 Å². The summed E-state index contributed by atoms with van der Waals surface area (Å²) in [4.78, 5) is 0. The van der Waals surface area contributed by atoms with Crippen LogP contribution in [0.5, 0.6) is 0 Å². The van der Waals surface area contributed by atoms with E-state index in [0.29, 0.717) is 11.5 Å². The summed E-state index contributed by atoms with van der Waals surface area (Å²) in [5.41, 5.74) is 0.437. The second-order valence-electron chi connectivity index (χ2n) is 2.88. The molecule has 0 aromatic carbocycles. The smallest absolute Gasteiger partial charge is 0.264 e. The van der Waals surface area contributed by atoms with E-state index in [9.17, 15) is 8.42 Å². The highest BCUT2D eigenvalue weighted by Crippen LogP contribution is 2.05. The summed E-state index contributed by atoms with van der Waals surface area (Å²) in [6.45, 7) is 3.40. The van der Waals surface area contributed by atoms with Crippen molar-refractivity contribution in [2.45, 2.75) is 0 Å². The van der Waals surface area contributed by atoms with Crippen molar-refractivity contribution in [3.8, 4) is 0 Å². The Morgan fingerprint density at radius 3 is 2.47 bits per heavy atom. The summed E-state index contributed by atoms with van der Waals surface area (Å²) in [7, 11) is -0.484. The fraction of sp³-hybridized carbons (Fsp3) is 0.500. The van der Waals surface area contributed by atoms with Crippen molar-refractivity contribution in [1.29, 1.82) is 0 Å². The fourth-order valence-corrected chi connectivity index (χ4v) is 0.992. The molecule has 0 amide bonds. The molecule has 0 rings (SSSR count). The molecule has 0 atom stereocenters. The molecular formula is C8H16N2O4S. The van der Waals surface area contributed by atoms with Crippen LogP contribution in [0.3, 0.4) is 0 Å². The van der Waals surface area contributed by atoms with Crippen LogP contribution < -0.4 is 5.84 Å². The molecule has 0 aliphatic carbocycles. The van der Waals surface area contributed by atoms with E-state index in [1.54, 1.807) is 7.05 Å². The molecule has 7 heteroatoms. The largest absolute Gasteiger partial charge is 0.497 e. The number of hydrogen-bond donors (Lipinski definition) is 1. The predicted octanol–water partition coefficient (Wildman–Crippen LogP) is -0.188. The number of allylic oxidation sites excluding steroid dienone is 1. The highest BCUT2D eigenvalue weighted by molar-refractivity contribution is 7.85. The first kappa shape index (κ1) is 13.9. The van der Waals surface area contributed by atoms with Gasteiger partial charge in [0.2, 0.25) is 0 Å². The van der Waals surface area contributed by atoms with Crippen LogP contribution in [0.4, 0.5) is 0 Å². The first-order chi connectivity index (χ1) is 6.76. The van der Waals surface area contributed by atoms with Gasteiger partial charge in [0.05, 0.1) is 19.1 Å². The normalized spacial score (nSPS) is 12.4. The van der Waals surface area contributed by atoms with Gasteiger partial charge in [-0.25, -0.2) is 5.84 Å². The maximum atomic E-state index is 10.8. The SMILES string of the molecule is C=C(/C=C(/COS(C)(=O)=O)N(C)N)OC. The molecule has 0 unspecified atom stereocenters. The van der Waals surface area contributed by atoms with Crippen LogP contribution in [0.2, 0.25) is 0 Å². The molecule has 88 valence electrons. The summed E-state index contributed by atoms with van der Waals surface area (Å²) in [5, 5.41) is 1.23. The van der Waals surface area contributed by atoms with E-state index in [1.165, 1.54) is 18.2 Å². The van der Waals surface area contributed by atoms with Crippen molar-refractivity contribution < 1.29 is 17.3 Å². The van der Waals surface area contributed by atoms with E-state index in [-0.39, 0.29) is 6.61 Å². The molecule has 0 aromatic rings. The second-order valence-corrected chi connectivity index (χ2v) is 4.53. The minimum absolute atomic E-state index is 0.159. The average molecular weight is 236 g/mol. The molecule has 0 heterocycles. The van der Waals surface area contributed by atoms with Gasteiger partial charge in [-0.1, -0.05) is 6.58 Å². The zero-order valence-corrected chi connectivity index (χ0v) is 9.87. The van der Waals surface area contributed by atoms with Gasteiger partial charge in [0.25, 0.3) is 10.1 Å². The topological polar surface area (TPSA) is 81.9 Å². The molecule has 0 aromatic heterocycles. The van der Waals surface area contributed by atoms with Crippen LogP contribution in [-0.2, 0) is 19.0 Å². The number of ether oxygens (including phenoxy) is 1. The Morgan fingerprint density at radius 2 is 2.13 bits per heavy atom. The van der Waals surface area contributed by atoms with E-state index >= 15 is 0 Å². The first-order valence-electron chi connectivity index (χ1n) is 4.02. The summed E-state index contributed by atoms with van der Waals surface area (Å²) >= 11 is 0. The van der Waals surface area contributed by atoms with Gasteiger partial charge in [0, 0.05) is 13.1 Å². The lowest BCUT2D eigenvalue weighted by Gasteiger charge is -2.16. The summed E-state index contributed by atoms with van der Waals surface area (Å²) in [6.07, 6.45) is 2.46. The van der Waals surface area contributed by atoms with Gasteiger partial charge in [0.15, 0.2) is 0 Å². The Bertz CT molecular complexity index is 346. The minimum Gasteiger partial charge on any atom is -0.497 e. The van der Waals surface area contributed by atoms with Gasteiger partial charge in [0.1, 0.15) is 12.4 Å². The molecular weight excluding hydrogens is 220 g/mol. The third kappa shape index (κ3) is 6.95. The van der Waals surface area contributed by atoms with Crippen LogP contribution in [0, 0.1) is 0 Å². The van der Waals surface area contributed by atoms with Crippen molar-refractivity contribution in [3.63, 3.8) is 0 Å². The molecule has 0 spiro atoms. The maximum Gasteiger partial charge on any atom is 0.264 e. The molecule has 0 saturated carbocycles. The van der Waals surface area contributed by atoms with Gasteiger partial charge < -0.3 is 9.75 Å². The summed E-state index contributed by atoms with van der Waals surface area (Å²) in [5.74, 6) is 5.82. The molecule has 0 aliphatic rings.